The molecule has 0 heterocycles. The van der Waals surface area contributed by atoms with Gasteiger partial charge in [-0.2, -0.15) is 0 Å². The molecule has 0 atom stereocenters. The van der Waals surface area contributed by atoms with Crippen molar-refractivity contribution < 1.29 is 4.74 Å². The highest BCUT2D eigenvalue weighted by atomic mass is 16.5. The van der Waals surface area contributed by atoms with Crippen LogP contribution in [-0.2, 0) is 13.1 Å². The number of rotatable bonds is 8. The van der Waals surface area contributed by atoms with Crippen LogP contribution in [0.2, 0.25) is 0 Å². The summed E-state index contributed by atoms with van der Waals surface area (Å²) in [4.78, 5) is 2.43. The van der Waals surface area contributed by atoms with Crippen molar-refractivity contribution >= 4 is 0 Å². The van der Waals surface area contributed by atoms with Gasteiger partial charge in [0.05, 0.1) is 7.11 Å². The fourth-order valence-electron chi connectivity index (χ4n) is 2.39. The lowest BCUT2D eigenvalue weighted by Gasteiger charge is -2.18. The molecule has 3 heteroatoms. The van der Waals surface area contributed by atoms with Crippen LogP contribution in [-0.4, -0.2) is 31.6 Å². The molecule has 0 aliphatic heterocycles. The van der Waals surface area contributed by atoms with Crippen molar-refractivity contribution in [3.05, 3.63) is 29.3 Å². The summed E-state index contributed by atoms with van der Waals surface area (Å²) in [7, 11) is 3.96. The molecule has 0 radical (unpaired) electrons. The third-order valence-corrected chi connectivity index (χ3v) is 3.69. The van der Waals surface area contributed by atoms with Crippen molar-refractivity contribution in [3.63, 3.8) is 0 Å². The largest absolute Gasteiger partial charge is 0.496 e. The number of benzene rings is 1. The van der Waals surface area contributed by atoms with Crippen LogP contribution in [0, 0.1) is 0 Å². The molecule has 0 spiro atoms. The van der Waals surface area contributed by atoms with Crippen molar-refractivity contribution in [2.75, 3.05) is 20.7 Å². The van der Waals surface area contributed by atoms with Gasteiger partial charge in [0.1, 0.15) is 5.75 Å². The minimum Gasteiger partial charge on any atom is -0.496 e. The number of ether oxygens (including phenoxy) is 1. The van der Waals surface area contributed by atoms with Gasteiger partial charge in [-0.25, -0.2) is 0 Å². The number of hydrogen-bond donors (Lipinski definition) is 1. The summed E-state index contributed by atoms with van der Waals surface area (Å²) in [6.07, 6.45) is 3.86. The molecule has 1 aliphatic carbocycles. The Balaban J connectivity index is 2.02. The van der Waals surface area contributed by atoms with E-state index in [-0.39, 0.29) is 0 Å². The highest BCUT2D eigenvalue weighted by Gasteiger charge is 2.26. The van der Waals surface area contributed by atoms with Crippen LogP contribution in [0.25, 0.3) is 0 Å². The standard InChI is InChI=1S/C16H26N2O/c1-4-9-17-11-13-5-8-16(19-3)14(10-13)12-18(2)15-6-7-15/h5,8,10,15,17H,4,6-7,9,11-12H2,1-3H3. The number of nitrogens with one attached hydrogen (secondary N) is 1. The molecule has 1 fully saturated rings. The first-order valence-electron chi connectivity index (χ1n) is 7.31. The first-order valence-corrected chi connectivity index (χ1v) is 7.31. The molecule has 19 heavy (non-hydrogen) atoms. The topological polar surface area (TPSA) is 24.5 Å². The minimum absolute atomic E-state index is 0.784. The summed E-state index contributed by atoms with van der Waals surface area (Å²) in [6, 6.07) is 7.31. The second-order valence-corrected chi connectivity index (χ2v) is 5.47. The van der Waals surface area contributed by atoms with Crippen LogP contribution in [0.5, 0.6) is 5.75 Å². The Bertz CT molecular complexity index is 402. The van der Waals surface area contributed by atoms with Crippen molar-refractivity contribution in [2.24, 2.45) is 0 Å². The Morgan fingerprint density at radius 2 is 2.16 bits per heavy atom. The highest BCUT2D eigenvalue weighted by Crippen LogP contribution is 2.29. The Hall–Kier alpha value is -1.06. The molecule has 0 unspecified atom stereocenters. The molecule has 1 aromatic carbocycles. The summed E-state index contributed by atoms with van der Waals surface area (Å²) < 4.78 is 5.48. The van der Waals surface area contributed by atoms with E-state index in [1.807, 2.05) is 0 Å². The van der Waals surface area contributed by atoms with Crippen LogP contribution >= 0.6 is 0 Å². The smallest absolute Gasteiger partial charge is 0.123 e. The van der Waals surface area contributed by atoms with Gasteiger partial charge in [-0.1, -0.05) is 13.0 Å². The van der Waals surface area contributed by atoms with E-state index < -0.39 is 0 Å². The van der Waals surface area contributed by atoms with Crippen molar-refractivity contribution in [1.82, 2.24) is 10.2 Å². The van der Waals surface area contributed by atoms with E-state index in [4.69, 9.17) is 4.74 Å². The van der Waals surface area contributed by atoms with Gasteiger partial charge in [-0.15, -0.1) is 0 Å². The third-order valence-electron chi connectivity index (χ3n) is 3.69. The molecule has 106 valence electrons. The summed E-state index contributed by atoms with van der Waals surface area (Å²) in [5.74, 6) is 1.01. The normalized spacial score (nSPS) is 14.9. The van der Waals surface area contributed by atoms with Crippen molar-refractivity contribution in [1.29, 1.82) is 0 Å². The van der Waals surface area contributed by atoms with Gasteiger partial charge in [0.15, 0.2) is 0 Å². The molecule has 1 aromatic rings. The number of nitrogens with zero attached hydrogens (tertiary/aromatic N) is 1. The molecule has 0 bridgehead atoms. The summed E-state index contributed by atoms with van der Waals surface area (Å²) >= 11 is 0. The van der Waals surface area contributed by atoms with E-state index in [2.05, 4.69) is 42.4 Å². The predicted octanol–water partition coefficient (Wildman–Crippen LogP) is 2.79. The van der Waals surface area contributed by atoms with Crippen LogP contribution in [0.3, 0.4) is 0 Å². The van der Waals surface area contributed by atoms with E-state index in [1.165, 1.54) is 30.4 Å². The fourth-order valence-corrected chi connectivity index (χ4v) is 2.39. The van der Waals surface area contributed by atoms with Crippen LogP contribution in [0.4, 0.5) is 0 Å². The van der Waals surface area contributed by atoms with Gasteiger partial charge in [-0.05, 0) is 50.6 Å². The van der Waals surface area contributed by atoms with E-state index in [9.17, 15) is 0 Å². The minimum atomic E-state index is 0.784. The molecule has 0 amide bonds. The highest BCUT2D eigenvalue weighted by molar-refractivity contribution is 5.37. The maximum atomic E-state index is 5.48. The Morgan fingerprint density at radius 1 is 1.37 bits per heavy atom. The van der Waals surface area contributed by atoms with E-state index in [0.29, 0.717) is 0 Å². The third kappa shape index (κ3) is 4.22. The Morgan fingerprint density at radius 3 is 2.79 bits per heavy atom. The predicted molar refractivity (Wildman–Crippen MR) is 79.5 cm³/mol. The fraction of sp³-hybridized carbons (Fsp3) is 0.625. The lowest BCUT2D eigenvalue weighted by Crippen LogP contribution is -2.20. The summed E-state index contributed by atoms with van der Waals surface area (Å²) in [6.45, 7) is 5.19. The average molecular weight is 262 g/mol. The van der Waals surface area contributed by atoms with Gasteiger partial charge < -0.3 is 10.1 Å². The first kappa shape index (κ1) is 14.4. The SMILES string of the molecule is CCCNCc1ccc(OC)c(CN(C)C2CC2)c1. The zero-order valence-corrected chi connectivity index (χ0v) is 12.4. The summed E-state index contributed by atoms with van der Waals surface area (Å²) in [5, 5.41) is 3.45. The van der Waals surface area contributed by atoms with Gasteiger partial charge >= 0.3 is 0 Å². The van der Waals surface area contributed by atoms with E-state index in [1.54, 1.807) is 7.11 Å². The van der Waals surface area contributed by atoms with E-state index >= 15 is 0 Å². The van der Waals surface area contributed by atoms with Crippen LogP contribution in [0.15, 0.2) is 18.2 Å². The maximum Gasteiger partial charge on any atom is 0.123 e. The Labute approximate surface area is 116 Å². The maximum absolute atomic E-state index is 5.48. The molecule has 1 saturated carbocycles. The number of hydrogen-bond acceptors (Lipinski definition) is 3. The zero-order chi connectivity index (χ0) is 13.7. The lowest BCUT2D eigenvalue weighted by atomic mass is 10.1. The number of methoxy groups -OCH3 is 1. The molecule has 1 aliphatic rings. The molecular formula is C16H26N2O. The molecule has 0 saturated heterocycles. The first-order chi connectivity index (χ1) is 9.24. The van der Waals surface area contributed by atoms with Crippen molar-refractivity contribution in [2.45, 2.75) is 45.3 Å². The Kier molecular flexibility index (Phi) is 5.23. The molecule has 1 N–H and O–H groups in total. The lowest BCUT2D eigenvalue weighted by molar-refractivity contribution is 0.307. The molecule has 2 rings (SSSR count). The second-order valence-electron chi connectivity index (χ2n) is 5.47. The zero-order valence-electron chi connectivity index (χ0n) is 12.4. The van der Waals surface area contributed by atoms with Crippen LogP contribution < -0.4 is 10.1 Å². The molecular weight excluding hydrogens is 236 g/mol. The quantitative estimate of drug-likeness (QED) is 0.729. The van der Waals surface area contributed by atoms with Gasteiger partial charge in [0.2, 0.25) is 0 Å². The van der Waals surface area contributed by atoms with Gasteiger partial charge in [0, 0.05) is 24.7 Å². The summed E-state index contributed by atoms with van der Waals surface area (Å²) in [5.41, 5.74) is 2.64. The van der Waals surface area contributed by atoms with Gasteiger partial charge in [0.25, 0.3) is 0 Å². The average Bonchev–Trinajstić information content (AvgIpc) is 3.24. The molecule has 3 nitrogen and oxygen atoms in total. The van der Waals surface area contributed by atoms with E-state index in [0.717, 1.165) is 31.4 Å². The molecule has 0 aromatic heterocycles. The van der Waals surface area contributed by atoms with Crippen LogP contribution in [0.1, 0.15) is 37.3 Å². The van der Waals surface area contributed by atoms with Gasteiger partial charge in [-0.3, -0.25) is 4.90 Å². The monoisotopic (exact) mass is 262 g/mol. The second kappa shape index (κ2) is 6.92. The van der Waals surface area contributed by atoms with Crippen molar-refractivity contribution in [3.8, 4) is 5.75 Å².